The second-order valence-corrected chi connectivity index (χ2v) is 3.77. The Labute approximate surface area is 94.0 Å². The van der Waals surface area contributed by atoms with Crippen molar-refractivity contribution in [2.24, 2.45) is 0 Å². The highest BCUT2D eigenvalue weighted by atomic mass is 32.1. The van der Waals surface area contributed by atoms with Gasteiger partial charge in [0.2, 0.25) is 5.91 Å². The minimum atomic E-state index is -4.47. The smallest absolute Gasteiger partial charge is 0.302 e. The van der Waals surface area contributed by atoms with Crippen LogP contribution in [-0.4, -0.2) is 10.9 Å². The van der Waals surface area contributed by atoms with Gasteiger partial charge in [-0.1, -0.05) is 6.08 Å². The third-order valence-electron chi connectivity index (χ3n) is 1.62. The van der Waals surface area contributed by atoms with E-state index < -0.39 is 11.9 Å². The van der Waals surface area contributed by atoms with Gasteiger partial charge in [0.25, 0.3) is 0 Å². The number of hydrogen-bond donors (Lipinski definition) is 1. The van der Waals surface area contributed by atoms with E-state index >= 15 is 0 Å². The highest BCUT2D eigenvalue weighted by molar-refractivity contribution is 7.13. The van der Waals surface area contributed by atoms with Crippen molar-refractivity contribution in [2.45, 2.75) is 19.0 Å². The van der Waals surface area contributed by atoms with Crippen LogP contribution in [0.3, 0.4) is 0 Å². The maximum Gasteiger partial charge on any atom is 0.434 e. The number of hydrogen-bond acceptors (Lipinski definition) is 3. The number of carbonyl (C=O) groups is 1. The number of nitrogens with zero attached hydrogens (tertiary/aromatic N) is 1. The summed E-state index contributed by atoms with van der Waals surface area (Å²) < 4.78 is 36.5. The van der Waals surface area contributed by atoms with E-state index in [1.165, 1.54) is 0 Å². The van der Waals surface area contributed by atoms with Crippen molar-refractivity contribution in [3.63, 3.8) is 0 Å². The fourth-order valence-corrected chi connectivity index (χ4v) is 1.61. The van der Waals surface area contributed by atoms with E-state index in [0.717, 1.165) is 16.7 Å². The predicted octanol–water partition coefficient (Wildman–Crippen LogP) is 3.07. The van der Waals surface area contributed by atoms with Gasteiger partial charge in [0.1, 0.15) is 0 Å². The first-order valence-electron chi connectivity index (χ1n) is 4.37. The summed E-state index contributed by atoms with van der Waals surface area (Å²) >= 11 is 0.749. The Kier molecular flexibility index (Phi) is 4.05. The largest absolute Gasteiger partial charge is 0.434 e. The normalized spacial score (nSPS) is 11.2. The lowest BCUT2D eigenvalue weighted by molar-refractivity contribution is -0.140. The molecular weight excluding hydrogens is 241 g/mol. The molecule has 0 saturated carbocycles. The second-order valence-electron chi connectivity index (χ2n) is 2.91. The minimum Gasteiger partial charge on any atom is -0.302 e. The average molecular weight is 250 g/mol. The number of amides is 1. The van der Waals surface area contributed by atoms with Gasteiger partial charge < -0.3 is 5.32 Å². The standard InChI is InChI=1S/C9H9F3N2OS/c1-2-3-4-7(15)14-8-13-6(5-16-8)9(10,11)12/h2,5H,1,3-4H2,(H,13,14,15). The van der Waals surface area contributed by atoms with Crippen molar-refractivity contribution < 1.29 is 18.0 Å². The third kappa shape index (κ3) is 3.65. The van der Waals surface area contributed by atoms with E-state index in [1.54, 1.807) is 6.08 Å². The van der Waals surface area contributed by atoms with Crippen LogP contribution >= 0.6 is 11.3 Å². The number of alkyl halides is 3. The topological polar surface area (TPSA) is 42.0 Å². The molecule has 0 unspecified atom stereocenters. The van der Waals surface area contributed by atoms with Gasteiger partial charge in [-0.3, -0.25) is 4.79 Å². The van der Waals surface area contributed by atoms with Gasteiger partial charge >= 0.3 is 6.18 Å². The van der Waals surface area contributed by atoms with Crippen LogP contribution < -0.4 is 5.32 Å². The van der Waals surface area contributed by atoms with Crippen molar-refractivity contribution >= 4 is 22.4 Å². The number of rotatable bonds is 4. The highest BCUT2D eigenvalue weighted by Gasteiger charge is 2.33. The summed E-state index contributed by atoms with van der Waals surface area (Å²) in [5, 5.41) is 3.11. The van der Waals surface area contributed by atoms with E-state index in [9.17, 15) is 18.0 Å². The van der Waals surface area contributed by atoms with Gasteiger partial charge in [-0.15, -0.1) is 17.9 Å². The third-order valence-corrected chi connectivity index (χ3v) is 2.37. The molecule has 0 aliphatic rings. The number of halogens is 3. The lowest BCUT2D eigenvalue weighted by Crippen LogP contribution is -2.11. The first-order chi connectivity index (χ1) is 7.43. The van der Waals surface area contributed by atoms with Crippen LogP contribution in [0.4, 0.5) is 18.3 Å². The molecule has 0 atom stereocenters. The second kappa shape index (κ2) is 5.11. The molecular formula is C9H9F3N2OS. The van der Waals surface area contributed by atoms with Crippen LogP contribution in [0.5, 0.6) is 0 Å². The van der Waals surface area contributed by atoms with Gasteiger partial charge in [-0.2, -0.15) is 13.2 Å². The zero-order chi connectivity index (χ0) is 12.2. The zero-order valence-electron chi connectivity index (χ0n) is 8.17. The zero-order valence-corrected chi connectivity index (χ0v) is 8.99. The Bertz CT molecular complexity index is 386. The summed E-state index contributed by atoms with van der Waals surface area (Å²) in [4.78, 5) is 14.4. The number of aromatic nitrogens is 1. The van der Waals surface area contributed by atoms with Crippen LogP contribution in [0.15, 0.2) is 18.0 Å². The fourth-order valence-electron chi connectivity index (χ4n) is 0.876. The Hall–Kier alpha value is -1.37. The van der Waals surface area contributed by atoms with E-state index in [1.807, 2.05) is 0 Å². The van der Waals surface area contributed by atoms with E-state index in [2.05, 4.69) is 16.9 Å². The number of allylic oxidation sites excluding steroid dienone is 1. The van der Waals surface area contributed by atoms with Crippen LogP contribution in [0.1, 0.15) is 18.5 Å². The molecule has 0 bridgehead atoms. The number of nitrogens with one attached hydrogen (secondary N) is 1. The average Bonchev–Trinajstić information content (AvgIpc) is 2.62. The molecule has 0 saturated heterocycles. The van der Waals surface area contributed by atoms with E-state index in [-0.39, 0.29) is 17.5 Å². The molecule has 0 radical (unpaired) electrons. The van der Waals surface area contributed by atoms with Gasteiger partial charge in [0.15, 0.2) is 10.8 Å². The number of thiazole rings is 1. The quantitative estimate of drug-likeness (QED) is 0.834. The summed E-state index contributed by atoms with van der Waals surface area (Å²) in [6, 6.07) is 0. The predicted molar refractivity (Wildman–Crippen MR) is 55.2 cm³/mol. The maximum absolute atomic E-state index is 12.2. The minimum absolute atomic E-state index is 0.0404. The van der Waals surface area contributed by atoms with E-state index in [4.69, 9.17) is 0 Å². The van der Waals surface area contributed by atoms with Crippen molar-refractivity contribution in [3.8, 4) is 0 Å². The molecule has 3 nitrogen and oxygen atoms in total. The highest BCUT2D eigenvalue weighted by Crippen LogP contribution is 2.31. The monoisotopic (exact) mass is 250 g/mol. The summed E-state index contributed by atoms with van der Waals surface area (Å²) in [6.45, 7) is 3.43. The summed E-state index contributed by atoms with van der Waals surface area (Å²) in [5.74, 6) is -0.372. The van der Waals surface area contributed by atoms with Gasteiger partial charge in [0, 0.05) is 11.8 Å². The Balaban J connectivity index is 2.59. The van der Waals surface area contributed by atoms with Crippen molar-refractivity contribution in [3.05, 3.63) is 23.7 Å². The number of anilines is 1. The molecule has 1 rings (SSSR count). The molecule has 0 aromatic carbocycles. The molecule has 1 aromatic rings. The van der Waals surface area contributed by atoms with Crippen LogP contribution in [0, 0.1) is 0 Å². The van der Waals surface area contributed by atoms with Crippen molar-refractivity contribution in [1.29, 1.82) is 0 Å². The Morgan fingerprint density at radius 2 is 2.31 bits per heavy atom. The summed E-state index contributed by atoms with van der Waals surface area (Å²) in [6.07, 6.45) is -2.25. The lowest BCUT2D eigenvalue weighted by atomic mass is 10.3. The first-order valence-corrected chi connectivity index (χ1v) is 5.25. The molecule has 1 amide bonds. The molecule has 16 heavy (non-hydrogen) atoms. The lowest BCUT2D eigenvalue weighted by Gasteiger charge is -2.01. The van der Waals surface area contributed by atoms with Crippen molar-refractivity contribution in [2.75, 3.05) is 5.32 Å². The molecule has 1 aromatic heterocycles. The van der Waals surface area contributed by atoms with Crippen LogP contribution in [0.25, 0.3) is 0 Å². The fraction of sp³-hybridized carbons (Fsp3) is 0.333. The molecule has 0 aliphatic heterocycles. The summed E-state index contributed by atoms with van der Waals surface area (Å²) in [7, 11) is 0. The van der Waals surface area contributed by atoms with Gasteiger partial charge in [-0.25, -0.2) is 4.98 Å². The maximum atomic E-state index is 12.2. The Morgan fingerprint density at radius 1 is 1.62 bits per heavy atom. The molecule has 88 valence electrons. The SMILES string of the molecule is C=CCCC(=O)Nc1nc(C(F)(F)F)cs1. The molecule has 0 aliphatic carbocycles. The molecule has 0 fully saturated rings. The van der Waals surface area contributed by atoms with Crippen LogP contribution in [0.2, 0.25) is 0 Å². The van der Waals surface area contributed by atoms with Gasteiger partial charge in [0.05, 0.1) is 0 Å². The molecule has 0 spiro atoms. The van der Waals surface area contributed by atoms with Crippen molar-refractivity contribution in [1.82, 2.24) is 4.98 Å². The Morgan fingerprint density at radius 3 is 2.81 bits per heavy atom. The number of carbonyl (C=O) groups excluding carboxylic acids is 1. The molecule has 1 N–H and O–H groups in total. The van der Waals surface area contributed by atoms with Crippen LogP contribution in [-0.2, 0) is 11.0 Å². The molecule has 7 heteroatoms. The first kappa shape index (κ1) is 12.7. The summed E-state index contributed by atoms with van der Waals surface area (Å²) in [5.41, 5.74) is -0.989. The van der Waals surface area contributed by atoms with E-state index in [0.29, 0.717) is 6.42 Å². The molecule has 1 heterocycles. The van der Waals surface area contributed by atoms with Gasteiger partial charge in [-0.05, 0) is 6.42 Å².